The van der Waals surface area contributed by atoms with Crippen LogP contribution in [0.25, 0.3) is 0 Å². The molecule has 0 aliphatic heterocycles. The molecule has 0 bridgehead atoms. The van der Waals surface area contributed by atoms with Gasteiger partial charge < -0.3 is 11.1 Å². The van der Waals surface area contributed by atoms with Gasteiger partial charge in [-0.05, 0) is 38.1 Å². The van der Waals surface area contributed by atoms with E-state index in [2.05, 4.69) is 53.3 Å². The molecule has 0 unspecified atom stereocenters. The summed E-state index contributed by atoms with van der Waals surface area (Å²) in [5.74, 6) is 0.507. The summed E-state index contributed by atoms with van der Waals surface area (Å²) in [6, 6.07) is 8.93. The zero-order chi connectivity index (χ0) is 15.0. The minimum atomic E-state index is 0.315. The molecule has 0 aliphatic rings. The van der Waals surface area contributed by atoms with Gasteiger partial charge in [0.15, 0.2) is 5.96 Å². The van der Waals surface area contributed by atoms with Crippen molar-refractivity contribution in [3.63, 3.8) is 0 Å². The van der Waals surface area contributed by atoms with E-state index in [4.69, 9.17) is 5.73 Å². The molecule has 0 saturated heterocycles. The number of aliphatic imine (C=N–C) groups is 1. The van der Waals surface area contributed by atoms with E-state index in [9.17, 15) is 0 Å². The van der Waals surface area contributed by atoms with Crippen molar-refractivity contribution in [2.24, 2.45) is 10.7 Å². The van der Waals surface area contributed by atoms with Crippen molar-refractivity contribution >= 4 is 5.96 Å². The fourth-order valence-electron chi connectivity index (χ4n) is 1.97. The first-order valence-corrected chi connectivity index (χ1v) is 7.41. The van der Waals surface area contributed by atoms with Crippen molar-refractivity contribution in [2.75, 3.05) is 13.1 Å². The average Bonchev–Trinajstić information content (AvgIpc) is 2.43. The maximum absolute atomic E-state index is 5.79. The third-order valence-electron chi connectivity index (χ3n) is 3.19. The minimum Gasteiger partial charge on any atom is -0.370 e. The fraction of sp³-hybridized carbons (Fsp3) is 0.562. The summed E-state index contributed by atoms with van der Waals surface area (Å²) in [5, 5.41) is 3.09. The first-order valence-electron chi connectivity index (χ1n) is 7.41. The van der Waals surface area contributed by atoms with Crippen LogP contribution in [0.4, 0.5) is 0 Å². The second kappa shape index (κ2) is 8.59. The minimum absolute atomic E-state index is 0.315. The molecule has 0 saturated carbocycles. The molecule has 0 aliphatic carbocycles. The molecule has 1 aromatic carbocycles. The third kappa shape index (κ3) is 6.06. The van der Waals surface area contributed by atoms with E-state index in [1.54, 1.807) is 0 Å². The number of nitrogens with zero attached hydrogens (tertiary/aromatic N) is 2. The summed E-state index contributed by atoms with van der Waals surface area (Å²) in [6.45, 7) is 12.3. The van der Waals surface area contributed by atoms with Gasteiger partial charge in [0.1, 0.15) is 0 Å². The number of nitrogens with one attached hydrogen (secondary N) is 1. The number of rotatable bonds is 7. The summed E-state index contributed by atoms with van der Waals surface area (Å²) >= 11 is 0. The smallest absolute Gasteiger partial charge is 0.189 e. The molecule has 3 N–H and O–H groups in total. The number of guanidine groups is 1. The Bertz CT molecular complexity index is 405. The maximum atomic E-state index is 5.79. The molecule has 112 valence electrons. The summed E-state index contributed by atoms with van der Waals surface area (Å²) in [7, 11) is 0. The summed E-state index contributed by atoms with van der Waals surface area (Å²) in [4.78, 5) is 6.73. The Kier molecular flexibility index (Phi) is 7.09. The maximum Gasteiger partial charge on any atom is 0.189 e. The Morgan fingerprint density at radius 2 is 1.70 bits per heavy atom. The van der Waals surface area contributed by atoms with Crippen LogP contribution in [0, 0.1) is 0 Å². The highest BCUT2D eigenvalue weighted by atomic mass is 15.1. The quantitative estimate of drug-likeness (QED) is 0.594. The van der Waals surface area contributed by atoms with Crippen LogP contribution in [0.2, 0.25) is 0 Å². The van der Waals surface area contributed by atoms with Crippen molar-refractivity contribution in [1.82, 2.24) is 10.2 Å². The second-order valence-corrected chi connectivity index (χ2v) is 5.28. The summed E-state index contributed by atoms with van der Waals surface area (Å²) < 4.78 is 0. The zero-order valence-electron chi connectivity index (χ0n) is 13.2. The molecular formula is C16H28N4. The molecule has 1 rings (SSSR count). The van der Waals surface area contributed by atoms with Crippen LogP contribution in [-0.2, 0) is 13.1 Å². The van der Waals surface area contributed by atoms with Crippen LogP contribution >= 0.6 is 0 Å². The van der Waals surface area contributed by atoms with Gasteiger partial charge in [0.2, 0.25) is 0 Å². The highest BCUT2D eigenvalue weighted by molar-refractivity contribution is 5.78. The highest BCUT2D eigenvalue weighted by Gasteiger charge is 2.01. The van der Waals surface area contributed by atoms with Crippen LogP contribution in [-0.4, -0.2) is 30.0 Å². The Labute approximate surface area is 123 Å². The van der Waals surface area contributed by atoms with Crippen LogP contribution in [0.15, 0.2) is 29.3 Å². The Morgan fingerprint density at radius 1 is 1.15 bits per heavy atom. The molecule has 0 spiro atoms. The first-order chi connectivity index (χ1) is 9.55. The number of hydrogen-bond acceptors (Lipinski definition) is 2. The SMILES string of the molecule is CCN(CC)Cc1ccc(CN=C(N)NC(C)C)cc1. The summed E-state index contributed by atoms with van der Waals surface area (Å²) in [6.07, 6.45) is 0. The molecule has 0 atom stereocenters. The van der Waals surface area contributed by atoms with Gasteiger partial charge in [0.25, 0.3) is 0 Å². The third-order valence-corrected chi connectivity index (χ3v) is 3.19. The van der Waals surface area contributed by atoms with E-state index < -0.39 is 0 Å². The lowest BCUT2D eigenvalue weighted by molar-refractivity contribution is 0.296. The highest BCUT2D eigenvalue weighted by Crippen LogP contribution is 2.08. The van der Waals surface area contributed by atoms with Crippen molar-refractivity contribution in [3.05, 3.63) is 35.4 Å². The Morgan fingerprint density at radius 3 is 2.20 bits per heavy atom. The largest absolute Gasteiger partial charge is 0.370 e. The van der Waals surface area contributed by atoms with E-state index in [0.717, 1.165) is 19.6 Å². The number of hydrogen-bond donors (Lipinski definition) is 2. The lowest BCUT2D eigenvalue weighted by Crippen LogP contribution is -2.36. The topological polar surface area (TPSA) is 53.6 Å². The standard InChI is InChI=1S/C16H28N4/c1-5-20(6-2)12-15-9-7-14(8-10-15)11-18-16(17)19-13(3)4/h7-10,13H,5-6,11-12H2,1-4H3,(H3,17,18,19). The van der Waals surface area contributed by atoms with Gasteiger partial charge >= 0.3 is 0 Å². The van der Waals surface area contributed by atoms with E-state index in [-0.39, 0.29) is 0 Å². The summed E-state index contributed by atoms with van der Waals surface area (Å²) in [5.41, 5.74) is 8.31. The van der Waals surface area contributed by atoms with E-state index in [1.807, 2.05) is 13.8 Å². The van der Waals surface area contributed by atoms with Gasteiger partial charge in [-0.3, -0.25) is 4.90 Å². The molecule has 4 nitrogen and oxygen atoms in total. The van der Waals surface area contributed by atoms with Gasteiger partial charge in [0.05, 0.1) is 6.54 Å². The molecule has 4 heteroatoms. The van der Waals surface area contributed by atoms with Crippen LogP contribution in [0.1, 0.15) is 38.8 Å². The number of nitrogens with two attached hydrogens (primary N) is 1. The molecule has 0 radical (unpaired) electrons. The normalized spacial score (nSPS) is 12.2. The van der Waals surface area contributed by atoms with Crippen LogP contribution in [0.5, 0.6) is 0 Å². The van der Waals surface area contributed by atoms with Gasteiger partial charge in [0, 0.05) is 12.6 Å². The van der Waals surface area contributed by atoms with E-state index >= 15 is 0 Å². The molecule has 20 heavy (non-hydrogen) atoms. The predicted octanol–water partition coefficient (Wildman–Crippen LogP) is 2.34. The molecular weight excluding hydrogens is 248 g/mol. The van der Waals surface area contributed by atoms with Crippen molar-refractivity contribution in [3.8, 4) is 0 Å². The lowest BCUT2D eigenvalue weighted by Gasteiger charge is -2.18. The molecule has 1 aromatic rings. The Balaban J connectivity index is 2.54. The van der Waals surface area contributed by atoms with Crippen molar-refractivity contribution in [2.45, 2.75) is 46.8 Å². The number of benzene rings is 1. The van der Waals surface area contributed by atoms with Crippen molar-refractivity contribution < 1.29 is 0 Å². The molecule has 0 aromatic heterocycles. The Hall–Kier alpha value is -1.55. The molecule has 0 fully saturated rings. The lowest BCUT2D eigenvalue weighted by atomic mass is 10.1. The fourth-order valence-corrected chi connectivity index (χ4v) is 1.97. The van der Waals surface area contributed by atoms with Gasteiger partial charge in [-0.1, -0.05) is 38.1 Å². The van der Waals surface area contributed by atoms with Crippen molar-refractivity contribution in [1.29, 1.82) is 0 Å². The average molecular weight is 276 g/mol. The van der Waals surface area contributed by atoms with E-state index in [0.29, 0.717) is 18.5 Å². The molecule has 0 amide bonds. The second-order valence-electron chi connectivity index (χ2n) is 5.28. The van der Waals surface area contributed by atoms with Gasteiger partial charge in [-0.2, -0.15) is 0 Å². The van der Waals surface area contributed by atoms with Gasteiger partial charge in [-0.15, -0.1) is 0 Å². The zero-order valence-corrected chi connectivity index (χ0v) is 13.2. The monoisotopic (exact) mass is 276 g/mol. The van der Waals surface area contributed by atoms with Crippen LogP contribution in [0.3, 0.4) is 0 Å². The first kappa shape index (κ1) is 16.5. The van der Waals surface area contributed by atoms with Crippen LogP contribution < -0.4 is 11.1 Å². The van der Waals surface area contributed by atoms with Gasteiger partial charge in [-0.25, -0.2) is 4.99 Å². The molecule has 0 heterocycles. The predicted molar refractivity (Wildman–Crippen MR) is 86.7 cm³/mol. The van der Waals surface area contributed by atoms with E-state index in [1.165, 1.54) is 11.1 Å².